The lowest BCUT2D eigenvalue weighted by atomic mass is 9.48. The first kappa shape index (κ1) is 39.9. The van der Waals surface area contributed by atoms with Gasteiger partial charge in [-0.05, 0) is 86.9 Å². The average molecular weight is 759 g/mol. The summed E-state index contributed by atoms with van der Waals surface area (Å²) in [6.45, 7) is 6.71. The Balaban J connectivity index is 1.18. The van der Waals surface area contributed by atoms with Crippen LogP contribution in [-0.2, 0) is 33.2 Å². The normalized spacial score (nSPS) is 54.2. The maximum atomic E-state index is 14.7. The molecule has 0 aromatic heterocycles. The van der Waals surface area contributed by atoms with Crippen molar-refractivity contribution in [1.82, 2.24) is 0 Å². The van der Waals surface area contributed by atoms with Crippen LogP contribution in [0, 0.1) is 46.8 Å². The number of esters is 1. The predicted molar refractivity (Wildman–Crippen MR) is 179 cm³/mol. The third-order valence-corrected chi connectivity index (χ3v) is 14.1. The molecule has 0 aromatic carbocycles. The molecule has 3 heterocycles. The average Bonchev–Trinajstić information content (AvgIpc) is 3.31. The van der Waals surface area contributed by atoms with Gasteiger partial charge in [-0.1, -0.05) is 25.5 Å². The molecule has 8 aliphatic rings. The molecule has 9 N–H and O–H groups in total. The molecule has 16 heteroatoms. The van der Waals surface area contributed by atoms with E-state index in [1.165, 1.54) is 5.57 Å². The van der Waals surface area contributed by atoms with Crippen molar-refractivity contribution in [3.05, 3.63) is 12.2 Å². The number of allylic oxidation sites excluding steroid dienone is 1. The summed E-state index contributed by atoms with van der Waals surface area (Å²) in [4.78, 5) is 14.7. The van der Waals surface area contributed by atoms with E-state index in [1.54, 1.807) is 0 Å². The van der Waals surface area contributed by atoms with Crippen molar-refractivity contribution in [3.63, 3.8) is 0 Å². The second kappa shape index (κ2) is 15.5. The van der Waals surface area contributed by atoms with E-state index in [2.05, 4.69) is 13.5 Å². The molecular formula is C37H58O16. The fourth-order valence-corrected chi connectivity index (χ4v) is 11.2. The first-order valence-corrected chi connectivity index (χ1v) is 19.3. The minimum atomic E-state index is -1.90. The Labute approximate surface area is 308 Å². The minimum Gasteiger partial charge on any atom is -0.432 e. The number of hydrogen-bond acceptors (Lipinski definition) is 16. The molecule has 0 radical (unpaired) electrons. The van der Waals surface area contributed by atoms with E-state index in [0.29, 0.717) is 41.9 Å². The zero-order valence-electron chi connectivity index (χ0n) is 30.3. The Morgan fingerprint density at radius 3 is 2.19 bits per heavy atom. The van der Waals surface area contributed by atoms with Crippen LogP contribution in [-0.4, -0.2) is 158 Å². The van der Waals surface area contributed by atoms with Crippen molar-refractivity contribution in [1.29, 1.82) is 0 Å². The molecule has 7 unspecified atom stereocenters. The summed E-state index contributed by atoms with van der Waals surface area (Å²) < 4.78 is 35.3. The second-order valence-corrected chi connectivity index (χ2v) is 17.1. The zero-order chi connectivity index (χ0) is 38.1. The Bertz CT molecular complexity index is 1320. The van der Waals surface area contributed by atoms with Gasteiger partial charge < -0.3 is 74.4 Å². The Morgan fingerprint density at radius 1 is 0.811 bits per heavy atom. The highest BCUT2D eigenvalue weighted by Crippen LogP contribution is 2.64. The van der Waals surface area contributed by atoms with E-state index in [0.717, 1.165) is 38.5 Å². The van der Waals surface area contributed by atoms with Gasteiger partial charge in [0.05, 0.1) is 25.2 Å². The molecular weight excluding hydrogens is 700 g/mol. The largest absolute Gasteiger partial charge is 0.432 e. The van der Waals surface area contributed by atoms with Gasteiger partial charge in [-0.15, -0.1) is 0 Å². The van der Waals surface area contributed by atoms with Gasteiger partial charge in [-0.2, -0.15) is 0 Å². The number of hydrogen-bond donors (Lipinski definition) is 9. The highest BCUT2D eigenvalue weighted by Gasteiger charge is 2.61. The summed E-state index contributed by atoms with van der Waals surface area (Å²) in [5, 5.41) is 94.3. The molecule has 0 aromatic rings. The maximum absolute atomic E-state index is 14.7. The zero-order valence-corrected chi connectivity index (χ0v) is 30.3. The van der Waals surface area contributed by atoms with Crippen LogP contribution in [0.15, 0.2) is 12.2 Å². The van der Waals surface area contributed by atoms with Gasteiger partial charge in [0.2, 0.25) is 6.29 Å². The number of aliphatic hydroxyl groups excluding tert-OH is 9. The molecule has 16 nitrogen and oxygen atoms in total. The first-order valence-electron chi connectivity index (χ1n) is 19.3. The van der Waals surface area contributed by atoms with Gasteiger partial charge in [-0.3, -0.25) is 4.79 Å². The highest BCUT2D eigenvalue weighted by atomic mass is 16.8. The second-order valence-electron chi connectivity index (χ2n) is 17.1. The molecule has 3 aliphatic heterocycles. The van der Waals surface area contributed by atoms with Crippen LogP contribution in [0.5, 0.6) is 0 Å². The van der Waals surface area contributed by atoms with Gasteiger partial charge in [0, 0.05) is 0 Å². The SMILES string of the molecule is C=C1CC2C3CC1C[C@H](C)C2C1CCCC(C)(C(=O)O[C@@H]2O[C@H](CO)[C@@H](O)[C@H](O[C@@H]4O[C@H](CO)[C@@H](O)[C@H](O)[C@H]4O)[C@H]2O[C@@H]2OC[C@@H](O)[C@H](O)[C@H]2O)C1C3. The molecule has 302 valence electrons. The van der Waals surface area contributed by atoms with Crippen molar-refractivity contribution in [2.24, 2.45) is 46.8 Å². The number of rotatable bonds is 8. The van der Waals surface area contributed by atoms with Crippen molar-refractivity contribution < 1.29 is 79.2 Å². The highest BCUT2D eigenvalue weighted by molar-refractivity contribution is 5.77. The van der Waals surface area contributed by atoms with Gasteiger partial charge in [-0.25, -0.2) is 0 Å². The molecule has 8 fully saturated rings. The Hall–Kier alpha value is -1.35. The fourth-order valence-electron chi connectivity index (χ4n) is 11.2. The van der Waals surface area contributed by atoms with Gasteiger partial charge in [0.25, 0.3) is 0 Å². The van der Waals surface area contributed by atoms with Crippen molar-refractivity contribution >= 4 is 5.97 Å². The molecule has 0 amide bonds. The van der Waals surface area contributed by atoms with Crippen LogP contribution < -0.4 is 0 Å². The number of ether oxygens (including phenoxy) is 6. The number of carbonyl (C=O) groups is 1. The van der Waals surface area contributed by atoms with Crippen LogP contribution in [0.1, 0.15) is 58.8 Å². The van der Waals surface area contributed by atoms with E-state index in [4.69, 9.17) is 28.4 Å². The monoisotopic (exact) mass is 758 g/mol. The number of aliphatic hydroxyl groups is 9. The lowest BCUT2D eigenvalue weighted by Gasteiger charge is -2.56. The molecule has 22 atom stereocenters. The fraction of sp³-hybridized carbons (Fsp3) is 0.919. The van der Waals surface area contributed by atoms with E-state index in [1.807, 2.05) is 6.92 Å². The van der Waals surface area contributed by atoms with Crippen LogP contribution in [0.3, 0.4) is 0 Å². The van der Waals surface area contributed by atoms with Crippen LogP contribution >= 0.6 is 0 Å². The van der Waals surface area contributed by atoms with Crippen molar-refractivity contribution in [2.75, 3.05) is 19.8 Å². The minimum absolute atomic E-state index is 0.0195. The summed E-state index contributed by atoms with van der Waals surface area (Å²) in [7, 11) is 0. The van der Waals surface area contributed by atoms with Gasteiger partial charge in [0.15, 0.2) is 18.7 Å². The first-order chi connectivity index (χ1) is 25.2. The summed E-state index contributed by atoms with van der Waals surface area (Å²) in [5.74, 6) is 2.18. The van der Waals surface area contributed by atoms with Crippen molar-refractivity contribution in [2.45, 2.75) is 145 Å². The van der Waals surface area contributed by atoms with Crippen LogP contribution in [0.25, 0.3) is 0 Å². The molecule has 53 heavy (non-hydrogen) atoms. The molecule has 8 rings (SSSR count). The number of fused-ring (bicyclic) bond motifs is 3. The Kier molecular flexibility index (Phi) is 11.7. The summed E-state index contributed by atoms with van der Waals surface area (Å²) >= 11 is 0. The van der Waals surface area contributed by atoms with Crippen LogP contribution in [0.2, 0.25) is 0 Å². The third-order valence-electron chi connectivity index (χ3n) is 14.1. The van der Waals surface area contributed by atoms with Crippen LogP contribution in [0.4, 0.5) is 0 Å². The molecule has 3 saturated heterocycles. The molecule has 4 bridgehead atoms. The summed E-state index contributed by atoms with van der Waals surface area (Å²) in [6, 6.07) is 0. The maximum Gasteiger partial charge on any atom is 0.314 e. The third kappa shape index (κ3) is 7.02. The lowest BCUT2D eigenvalue weighted by Crippen LogP contribution is -2.67. The molecule has 0 spiro atoms. The van der Waals surface area contributed by atoms with Gasteiger partial charge >= 0.3 is 5.97 Å². The standard InChI is InChI=1S/C37H58O16/c1-14-8-19-17-9-16(14)7-15(2)24(19)18-5-4-6-37(3,20(18)10-17)36(47)53-35-32(52-33-29(45)25(41)21(40)13-48-33)31(27(43)23(12-39)50-35)51-34-30(46)28(44)26(42)22(11-38)49-34/h15-35,38-46H,1,4-13H2,2-3H3/t15-,16?,17?,18?,19?,20?,21+,22+,23+,24?,25-,26+,27+,28-,29+,30+,31-,32+,33-,34-,35-,37?/m0/s1. The summed E-state index contributed by atoms with van der Waals surface area (Å²) in [5.41, 5.74) is 0.417. The van der Waals surface area contributed by atoms with E-state index in [9.17, 15) is 50.8 Å². The van der Waals surface area contributed by atoms with E-state index < -0.39 is 117 Å². The van der Waals surface area contributed by atoms with E-state index >= 15 is 0 Å². The smallest absolute Gasteiger partial charge is 0.314 e. The quantitative estimate of drug-likeness (QED) is 0.0988. The van der Waals surface area contributed by atoms with Crippen molar-refractivity contribution in [3.8, 4) is 0 Å². The molecule has 5 saturated carbocycles. The van der Waals surface area contributed by atoms with Gasteiger partial charge in [0.1, 0.15) is 61.0 Å². The lowest BCUT2D eigenvalue weighted by molar-refractivity contribution is -0.383. The number of carbonyl (C=O) groups excluding carboxylic acids is 1. The van der Waals surface area contributed by atoms with E-state index in [-0.39, 0.29) is 5.92 Å². The topological polar surface area (TPSA) is 255 Å². The predicted octanol–water partition coefficient (Wildman–Crippen LogP) is -1.70. The molecule has 5 aliphatic carbocycles. The Morgan fingerprint density at radius 2 is 1.47 bits per heavy atom. The summed E-state index contributed by atoms with van der Waals surface area (Å²) in [6.07, 6.45) is -17.0.